The summed E-state index contributed by atoms with van der Waals surface area (Å²) in [6.07, 6.45) is 2.49. The van der Waals surface area contributed by atoms with Gasteiger partial charge in [-0.15, -0.1) is 0 Å². The van der Waals surface area contributed by atoms with Gasteiger partial charge in [-0.05, 0) is 42.3 Å². The van der Waals surface area contributed by atoms with E-state index >= 15 is 0 Å². The van der Waals surface area contributed by atoms with Gasteiger partial charge in [-0.2, -0.15) is 5.10 Å². The van der Waals surface area contributed by atoms with Crippen molar-refractivity contribution in [3.8, 4) is 11.5 Å². The van der Waals surface area contributed by atoms with E-state index in [0.29, 0.717) is 23.7 Å². The molecule has 0 aliphatic heterocycles. The molecule has 3 aromatic rings. The van der Waals surface area contributed by atoms with Crippen LogP contribution in [0.1, 0.15) is 16.7 Å². The second-order valence-corrected chi connectivity index (χ2v) is 9.46. The summed E-state index contributed by atoms with van der Waals surface area (Å²) in [6.45, 7) is 1.76. The molecule has 0 aromatic heterocycles. The van der Waals surface area contributed by atoms with Gasteiger partial charge in [-0.25, -0.2) is 13.8 Å². The standard InChI is InChI=1S/C25H27N3O5S/c1-19-13-14-24(32-2)22(15-19)28(34(3,30)31)17-25(29)27-26-16-21-11-7-8-12-23(21)33-18-20-9-5-4-6-10-20/h4-16H,17-18H2,1-3H3,(H,27,29)/b26-16-. The minimum Gasteiger partial charge on any atom is -0.495 e. The van der Waals surface area contributed by atoms with E-state index in [0.717, 1.165) is 21.7 Å². The maximum Gasteiger partial charge on any atom is 0.260 e. The normalized spacial score (nSPS) is 11.3. The van der Waals surface area contributed by atoms with Gasteiger partial charge in [-0.3, -0.25) is 9.10 Å². The molecule has 0 aliphatic carbocycles. The summed E-state index contributed by atoms with van der Waals surface area (Å²) in [7, 11) is -2.32. The number of ether oxygens (including phenoxy) is 2. The van der Waals surface area contributed by atoms with Crippen LogP contribution >= 0.6 is 0 Å². The van der Waals surface area contributed by atoms with E-state index in [1.807, 2.05) is 55.5 Å². The van der Waals surface area contributed by atoms with Crippen LogP contribution in [-0.2, 0) is 21.4 Å². The lowest BCUT2D eigenvalue weighted by Gasteiger charge is -2.23. The summed E-state index contributed by atoms with van der Waals surface area (Å²) >= 11 is 0. The van der Waals surface area contributed by atoms with Crippen molar-refractivity contribution >= 4 is 27.8 Å². The molecule has 0 aliphatic rings. The number of rotatable bonds is 10. The van der Waals surface area contributed by atoms with E-state index < -0.39 is 22.5 Å². The van der Waals surface area contributed by atoms with Gasteiger partial charge in [-0.1, -0.05) is 48.5 Å². The quantitative estimate of drug-likeness (QED) is 0.353. The number of benzene rings is 3. The molecule has 178 valence electrons. The molecular formula is C25H27N3O5S. The number of sulfonamides is 1. The van der Waals surface area contributed by atoms with Crippen molar-refractivity contribution in [2.45, 2.75) is 13.5 Å². The monoisotopic (exact) mass is 481 g/mol. The van der Waals surface area contributed by atoms with Crippen LogP contribution in [-0.4, -0.2) is 40.4 Å². The topological polar surface area (TPSA) is 97.3 Å². The minimum absolute atomic E-state index is 0.281. The molecule has 0 atom stereocenters. The maximum atomic E-state index is 12.5. The summed E-state index contributed by atoms with van der Waals surface area (Å²) < 4.78 is 37.0. The molecule has 3 rings (SSSR count). The average Bonchev–Trinajstić information content (AvgIpc) is 2.82. The third kappa shape index (κ3) is 6.82. The molecule has 0 spiro atoms. The summed E-state index contributed by atoms with van der Waals surface area (Å²) in [4.78, 5) is 12.5. The van der Waals surface area contributed by atoms with Crippen LogP contribution in [0.4, 0.5) is 5.69 Å². The number of hydrazone groups is 1. The smallest absolute Gasteiger partial charge is 0.260 e. The number of para-hydroxylation sites is 1. The number of nitrogens with zero attached hydrogens (tertiary/aromatic N) is 2. The number of hydrogen-bond donors (Lipinski definition) is 1. The molecule has 0 heterocycles. The van der Waals surface area contributed by atoms with Crippen LogP contribution in [0.3, 0.4) is 0 Å². The zero-order valence-corrected chi connectivity index (χ0v) is 20.1. The molecular weight excluding hydrogens is 454 g/mol. The Bertz CT molecular complexity index is 1260. The molecule has 34 heavy (non-hydrogen) atoms. The van der Waals surface area contributed by atoms with Gasteiger partial charge in [0.1, 0.15) is 24.7 Å². The number of hydrogen-bond acceptors (Lipinski definition) is 6. The molecule has 0 fully saturated rings. The SMILES string of the molecule is COc1ccc(C)cc1N(CC(=O)N/N=C\c1ccccc1OCc1ccccc1)S(C)(=O)=O. The maximum absolute atomic E-state index is 12.5. The van der Waals surface area contributed by atoms with Crippen LogP contribution in [0, 0.1) is 6.92 Å². The third-order valence-electron chi connectivity index (χ3n) is 4.84. The Balaban J connectivity index is 1.69. The van der Waals surface area contributed by atoms with Gasteiger partial charge in [0.15, 0.2) is 0 Å². The lowest BCUT2D eigenvalue weighted by Crippen LogP contribution is -2.39. The summed E-state index contributed by atoms with van der Waals surface area (Å²) in [5.41, 5.74) is 5.18. The first-order valence-corrected chi connectivity index (χ1v) is 12.3. The Kier molecular flexibility index (Phi) is 8.26. The van der Waals surface area contributed by atoms with Gasteiger partial charge in [0.2, 0.25) is 10.0 Å². The molecule has 9 heteroatoms. The predicted molar refractivity (Wildman–Crippen MR) is 133 cm³/mol. The fraction of sp³-hybridized carbons (Fsp3) is 0.200. The van der Waals surface area contributed by atoms with Gasteiger partial charge < -0.3 is 9.47 Å². The lowest BCUT2D eigenvalue weighted by atomic mass is 10.2. The number of anilines is 1. The Morgan fingerprint density at radius 1 is 1.03 bits per heavy atom. The number of nitrogens with one attached hydrogen (secondary N) is 1. The predicted octanol–water partition coefficient (Wildman–Crippen LogP) is 3.50. The van der Waals surface area contributed by atoms with Crippen LogP contribution in [0.2, 0.25) is 0 Å². The highest BCUT2D eigenvalue weighted by atomic mass is 32.2. The Labute approximate surface area is 199 Å². The molecule has 0 saturated heterocycles. The Morgan fingerprint density at radius 3 is 2.44 bits per heavy atom. The highest BCUT2D eigenvalue weighted by Crippen LogP contribution is 2.30. The van der Waals surface area contributed by atoms with Crippen molar-refractivity contribution < 1.29 is 22.7 Å². The van der Waals surface area contributed by atoms with Crippen molar-refractivity contribution in [2.24, 2.45) is 5.10 Å². The lowest BCUT2D eigenvalue weighted by molar-refractivity contribution is -0.119. The van der Waals surface area contributed by atoms with Gasteiger partial charge in [0, 0.05) is 5.56 Å². The molecule has 0 saturated carbocycles. The molecule has 8 nitrogen and oxygen atoms in total. The number of aryl methyl sites for hydroxylation is 1. The van der Waals surface area contributed by atoms with E-state index in [2.05, 4.69) is 10.5 Å². The van der Waals surface area contributed by atoms with Crippen LogP contribution in [0.25, 0.3) is 0 Å². The highest BCUT2D eigenvalue weighted by Gasteiger charge is 2.24. The number of amides is 1. The van der Waals surface area contributed by atoms with E-state index in [9.17, 15) is 13.2 Å². The van der Waals surface area contributed by atoms with Crippen molar-refractivity contribution in [1.82, 2.24) is 5.43 Å². The van der Waals surface area contributed by atoms with Crippen LogP contribution < -0.4 is 19.2 Å². The molecule has 0 bridgehead atoms. The van der Waals surface area contributed by atoms with Crippen LogP contribution in [0.15, 0.2) is 77.9 Å². The first-order chi connectivity index (χ1) is 16.3. The van der Waals surface area contributed by atoms with Crippen molar-refractivity contribution in [3.63, 3.8) is 0 Å². The molecule has 1 amide bonds. The number of carbonyl (C=O) groups is 1. The fourth-order valence-electron chi connectivity index (χ4n) is 3.17. The average molecular weight is 482 g/mol. The zero-order valence-electron chi connectivity index (χ0n) is 19.3. The molecule has 0 unspecified atom stereocenters. The second-order valence-electron chi connectivity index (χ2n) is 7.55. The zero-order chi connectivity index (χ0) is 24.6. The van der Waals surface area contributed by atoms with E-state index in [1.54, 1.807) is 24.3 Å². The first kappa shape index (κ1) is 24.8. The van der Waals surface area contributed by atoms with Crippen molar-refractivity contribution in [1.29, 1.82) is 0 Å². The van der Waals surface area contributed by atoms with E-state index in [-0.39, 0.29) is 5.69 Å². The minimum atomic E-state index is -3.76. The van der Waals surface area contributed by atoms with Crippen molar-refractivity contribution in [2.75, 3.05) is 24.2 Å². The molecule has 3 aromatic carbocycles. The van der Waals surface area contributed by atoms with Gasteiger partial charge >= 0.3 is 0 Å². The molecule has 0 radical (unpaired) electrons. The van der Waals surface area contributed by atoms with E-state index in [1.165, 1.54) is 13.3 Å². The largest absolute Gasteiger partial charge is 0.495 e. The third-order valence-corrected chi connectivity index (χ3v) is 5.97. The Hall–Kier alpha value is -3.85. The second kappa shape index (κ2) is 11.3. The van der Waals surface area contributed by atoms with Gasteiger partial charge in [0.05, 0.1) is 25.3 Å². The molecule has 1 N–H and O–H groups in total. The van der Waals surface area contributed by atoms with E-state index in [4.69, 9.17) is 9.47 Å². The highest BCUT2D eigenvalue weighted by molar-refractivity contribution is 7.92. The summed E-state index contributed by atoms with van der Waals surface area (Å²) in [5, 5.41) is 3.99. The van der Waals surface area contributed by atoms with Gasteiger partial charge in [0.25, 0.3) is 5.91 Å². The first-order valence-electron chi connectivity index (χ1n) is 10.5. The number of carbonyl (C=O) groups excluding carboxylic acids is 1. The Morgan fingerprint density at radius 2 is 1.74 bits per heavy atom. The number of methoxy groups -OCH3 is 1. The fourth-order valence-corrected chi connectivity index (χ4v) is 4.02. The summed E-state index contributed by atoms with van der Waals surface area (Å²) in [6, 6.07) is 22.1. The van der Waals surface area contributed by atoms with Crippen molar-refractivity contribution in [3.05, 3.63) is 89.5 Å². The van der Waals surface area contributed by atoms with Crippen LogP contribution in [0.5, 0.6) is 11.5 Å². The summed E-state index contributed by atoms with van der Waals surface area (Å²) in [5.74, 6) is 0.344.